The minimum absolute atomic E-state index is 0. The van der Waals surface area contributed by atoms with Crippen LogP contribution in [-0.2, 0) is 18.2 Å². The number of guanidine groups is 1. The van der Waals surface area contributed by atoms with Gasteiger partial charge in [0, 0.05) is 38.4 Å². The van der Waals surface area contributed by atoms with Crippen LogP contribution in [0.4, 0.5) is 4.39 Å². The van der Waals surface area contributed by atoms with E-state index in [1.807, 2.05) is 23.9 Å². The van der Waals surface area contributed by atoms with Gasteiger partial charge in [-0.1, -0.05) is 12.1 Å². The molecule has 1 aromatic heterocycles. The monoisotopic (exact) mass is 572 g/mol. The lowest BCUT2D eigenvalue weighted by Gasteiger charge is -2.34. The normalized spacial score (nSPS) is 16.7. The van der Waals surface area contributed by atoms with Crippen molar-refractivity contribution >= 4 is 29.9 Å². The average molecular weight is 573 g/mol. The lowest BCUT2D eigenvalue weighted by Crippen LogP contribution is -2.44. The van der Waals surface area contributed by atoms with Crippen molar-refractivity contribution in [2.45, 2.75) is 46.2 Å². The van der Waals surface area contributed by atoms with Gasteiger partial charge in [0.1, 0.15) is 5.82 Å². The molecule has 0 saturated carbocycles. The number of aromatic nitrogens is 2. The molecule has 0 amide bonds. The van der Waals surface area contributed by atoms with E-state index in [0.717, 1.165) is 43.3 Å². The fourth-order valence-corrected chi connectivity index (χ4v) is 4.21. The van der Waals surface area contributed by atoms with E-state index in [2.05, 4.69) is 48.3 Å². The van der Waals surface area contributed by atoms with E-state index in [1.165, 1.54) is 23.4 Å². The fraction of sp³-hybridized carbons (Fsp3) is 0.583. The summed E-state index contributed by atoms with van der Waals surface area (Å²) in [5.74, 6) is 0.572. The first-order valence-electron chi connectivity index (χ1n) is 11.5. The Morgan fingerprint density at radius 2 is 1.88 bits per heavy atom. The van der Waals surface area contributed by atoms with E-state index < -0.39 is 0 Å². The number of aryl methyl sites for hydroxylation is 2. The van der Waals surface area contributed by atoms with Crippen molar-refractivity contribution in [1.29, 1.82) is 0 Å². The van der Waals surface area contributed by atoms with Crippen LogP contribution in [0.3, 0.4) is 0 Å². The summed E-state index contributed by atoms with van der Waals surface area (Å²) in [4.78, 5) is 7.29. The first-order chi connectivity index (χ1) is 15.4. The number of nitrogens with zero attached hydrogens (tertiary/aromatic N) is 4. The molecule has 2 heterocycles. The van der Waals surface area contributed by atoms with E-state index in [0.29, 0.717) is 19.8 Å². The second-order valence-corrected chi connectivity index (χ2v) is 8.46. The van der Waals surface area contributed by atoms with Crippen molar-refractivity contribution < 1.29 is 9.13 Å². The second kappa shape index (κ2) is 13.2. The molecule has 1 aliphatic rings. The van der Waals surface area contributed by atoms with Gasteiger partial charge < -0.3 is 15.4 Å². The van der Waals surface area contributed by atoms with Gasteiger partial charge in [-0.3, -0.25) is 14.6 Å². The van der Waals surface area contributed by atoms with E-state index in [1.54, 1.807) is 0 Å². The Kier molecular flexibility index (Phi) is 11.0. The van der Waals surface area contributed by atoms with Crippen LogP contribution in [0.15, 0.2) is 29.3 Å². The zero-order chi connectivity index (χ0) is 23.1. The molecule has 2 unspecified atom stereocenters. The first kappa shape index (κ1) is 27.5. The third kappa shape index (κ3) is 7.65. The Bertz CT molecular complexity index is 895. The van der Waals surface area contributed by atoms with Gasteiger partial charge in [-0.15, -0.1) is 24.0 Å². The van der Waals surface area contributed by atoms with E-state index in [4.69, 9.17) is 9.73 Å². The second-order valence-electron chi connectivity index (χ2n) is 8.46. The Balaban J connectivity index is 0.00000385. The summed E-state index contributed by atoms with van der Waals surface area (Å²) in [6.07, 6.45) is 0.876. The molecule has 1 aliphatic heterocycles. The molecule has 0 spiro atoms. The van der Waals surface area contributed by atoms with Crippen LogP contribution in [-0.4, -0.2) is 66.1 Å². The number of hydrogen-bond acceptors (Lipinski definition) is 4. The van der Waals surface area contributed by atoms with Gasteiger partial charge in [0.25, 0.3) is 0 Å². The SMILES string of the molecule is CCNC(=NCC(c1ccc(F)cc1)N1CCOCC1)NC(C)Cc1c(C)nn(C)c1C.I. The number of ether oxygens (including phenoxy) is 1. The first-order valence-corrected chi connectivity index (χ1v) is 11.5. The summed E-state index contributed by atoms with van der Waals surface area (Å²) in [6.45, 7) is 12.9. The average Bonchev–Trinajstić information content (AvgIpc) is 3.01. The molecule has 7 nitrogen and oxygen atoms in total. The molecular formula is C24H38FIN6O. The highest BCUT2D eigenvalue weighted by Crippen LogP contribution is 2.23. The lowest BCUT2D eigenvalue weighted by atomic mass is 10.0. The van der Waals surface area contributed by atoms with Crippen molar-refractivity contribution in [2.24, 2.45) is 12.0 Å². The van der Waals surface area contributed by atoms with Gasteiger partial charge in [0.15, 0.2) is 5.96 Å². The molecule has 2 atom stereocenters. The summed E-state index contributed by atoms with van der Waals surface area (Å²) in [5, 5.41) is 11.4. The highest BCUT2D eigenvalue weighted by Gasteiger charge is 2.23. The molecule has 33 heavy (non-hydrogen) atoms. The van der Waals surface area contributed by atoms with Gasteiger partial charge in [0.05, 0.1) is 31.5 Å². The van der Waals surface area contributed by atoms with Crippen molar-refractivity contribution in [3.05, 3.63) is 52.6 Å². The molecule has 3 rings (SSSR count). The summed E-state index contributed by atoms with van der Waals surface area (Å²) in [6, 6.07) is 7.05. The highest BCUT2D eigenvalue weighted by molar-refractivity contribution is 14.0. The number of rotatable bonds is 8. The largest absolute Gasteiger partial charge is 0.379 e. The molecule has 0 aliphatic carbocycles. The van der Waals surface area contributed by atoms with Crippen LogP contribution in [0.1, 0.15) is 42.4 Å². The number of hydrogen-bond donors (Lipinski definition) is 2. The molecule has 1 aromatic carbocycles. The molecule has 9 heteroatoms. The van der Waals surface area contributed by atoms with Crippen LogP contribution >= 0.6 is 24.0 Å². The quantitative estimate of drug-likeness (QED) is 0.289. The lowest BCUT2D eigenvalue weighted by molar-refractivity contribution is 0.0179. The van der Waals surface area contributed by atoms with Gasteiger partial charge >= 0.3 is 0 Å². The molecule has 2 N–H and O–H groups in total. The van der Waals surface area contributed by atoms with Crippen LogP contribution < -0.4 is 10.6 Å². The Hall–Kier alpha value is -1.72. The van der Waals surface area contributed by atoms with Crippen molar-refractivity contribution in [3.63, 3.8) is 0 Å². The zero-order valence-electron chi connectivity index (χ0n) is 20.4. The van der Waals surface area contributed by atoms with E-state index >= 15 is 0 Å². The van der Waals surface area contributed by atoms with Crippen molar-refractivity contribution in [1.82, 2.24) is 25.3 Å². The Labute approximate surface area is 214 Å². The maximum Gasteiger partial charge on any atom is 0.191 e. The number of morpholine rings is 1. The summed E-state index contributed by atoms with van der Waals surface area (Å²) >= 11 is 0. The molecule has 0 radical (unpaired) electrons. The number of aliphatic imine (C=N–C) groups is 1. The number of benzene rings is 1. The van der Waals surface area contributed by atoms with Crippen molar-refractivity contribution in [3.8, 4) is 0 Å². The van der Waals surface area contributed by atoms with Gasteiger partial charge in [0.2, 0.25) is 0 Å². The topological polar surface area (TPSA) is 66.7 Å². The molecule has 2 aromatic rings. The fourth-order valence-electron chi connectivity index (χ4n) is 4.21. The Morgan fingerprint density at radius 3 is 2.45 bits per heavy atom. The molecule has 0 bridgehead atoms. The Morgan fingerprint density at radius 1 is 1.21 bits per heavy atom. The summed E-state index contributed by atoms with van der Waals surface area (Å²) < 4.78 is 21.0. The van der Waals surface area contributed by atoms with E-state index in [-0.39, 0.29) is 41.9 Å². The third-order valence-corrected chi connectivity index (χ3v) is 6.06. The number of halogens is 2. The van der Waals surface area contributed by atoms with Crippen LogP contribution in [0.2, 0.25) is 0 Å². The highest BCUT2D eigenvalue weighted by atomic mass is 127. The van der Waals surface area contributed by atoms with E-state index in [9.17, 15) is 4.39 Å². The molecule has 1 fully saturated rings. The molecule has 184 valence electrons. The summed E-state index contributed by atoms with van der Waals surface area (Å²) in [5.41, 5.74) is 4.62. The maximum absolute atomic E-state index is 13.5. The van der Waals surface area contributed by atoms with Gasteiger partial charge in [-0.05, 0) is 57.4 Å². The van der Waals surface area contributed by atoms with Crippen LogP contribution in [0, 0.1) is 19.7 Å². The van der Waals surface area contributed by atoms with Gasteiger partial charge in [-0.2, -0.15) is 5.10 Å². The third-order valence-electron chi connectivity index (χ3n) is 6.06. The molecular weight excluding hydrogens is 534 g/mol. The van der Waals surface area contributed by atoms with Crippen LogP contribution in [0.5, 0.6) is 0 Å². The number of nitrogens with one attached hydrogen (secondary N) is 2. The molecule has 1 saturated heterocycles. The van der Waals surface area contributed by atoms with Gasteiger partial charge in [-0.25, -0.2) is 4.39 Å². The zero-order valence-corrected chi connectivity index (χ0v) is 22.7. The standard InChI is InChI=1S/C24H37FN6O.HI/c1-6-26-24(28-17(2)15-22-18(3)29-30(5)19(22)4)27-16-23(31-11-13-32-14-12-31)20-7-9-21(25)10-8-20;/h7-10,17,23H,6,11-16H2,1-5H3,(H2,26,27,28);1H. The smallest absolute Gasteiger partial charge is 0.191 e. The predicted molar refractivity (Wildman–Crippen MR) is 142 cm³/mol. The van der Waals surface area contributed by atoms with Crippen molar-refractivity contribution in [2.75, 3.05) is 39.4 Å². The van der Waals surface area contributed by atoms with Crippen LogP contribution in [0.25, 0.3) is 0 Å². The predicted octanol–water partition coefficient (Wildman–Crippen LogP) is 3.35. The maximum atomic E-state index is 13.5. The summed E-state index contributed by atoms with van der Waals surface area (Å²) in [7, 11) is 1.98. The minimum Gasteiger partial charge on any atom is -0.379 e. The minimum atomic E-state index is -0.220.